The van der Waals surface area contributed by atoms with E-state index >= 15 is 0 Å². The molecule has 140 valence electrons. The lowest BCUT2D eigenvalue weighted by atomic mass is 10.1. The summed E-state index contributed by atoms with van der Waals surface area (Å²) in [5.74, 6) is 0.826. The van der Waals surface area contributed by atoms with Crippen molar-refractivity contribution in [1.29, 1.82) is 0 Å². The molecular formula is C21H26BrNO3. The molecule has 2 aromatic carbocycles. The largest absolute Gasteiger partial charge is 0.490 e. The molecule has 2 aromatic rings. The summed E-state index contributed by atoms with van der Waals surface area (Å²) in [6.45, 7) is 1.84. The minimum absolute atomic E-state index is 0.0664. The van der Waals surface area contributed by atoms with Crippen LogP contribution in [-0.2, 0) is 9.47 Å². The van der Waals surface area contributed by atoms with Gasteiger partial charge in [-0.1, -0.05) is 18.2 Å². The summed E-state index contributed by atoms with van der Waals surface area (Å²) in [5.41, 5.74) is 3.52. The summed E-state index contributed by atoms with van der Waals surface area (Å²) in [6, 6.07) is 14.7. The van der Waals surface area contributed by atoms with Gasteiger partial charge in [0.25, 0.3) is 0 Å². The average Bonchev–Trinajstić information content (AvgIpc) is 2.67. The van der Waals surface area contributed by atoms with Gasteiger partial charge in [0.2, 0.25) is 0 Å². The van der Waals surface area contributed by atoms with Gasteiger partial charge in [-0.2, -0.15) is 0 Å². The Morgan fingerprint density at radius 3 is 2.46 bits per heavy atom. The molecule has 1 atom stereocenters. The SMILES string of the molecule is CN(C)c1ccc(-c2ccc(OCCOC3CCCCO3)c(Br)c2)cc1. The van der Waals surface area contributed by atoms with Crippen LogP contribution in [0.25, 0.3) is 11.1 Å². The molecule has 0 aliphatic carbocycles. The first-order chi connectivity index (χ1) is 12.6. The maximum Gasteiger partial charge on any atom is 0.157 e. The van der Waals surface area contributed by atoms with Crippen LogP contribution in [-0.4, -0.2) is 40.2 Å². The lowest BCUT2D eigenvalue weighted by Gasteiger charge is -2.22. The van der Waals surface area contributed by atoms with E-state index < -0.39 is 0 Å². The third-order valence-corrected chi connectivity index (χ3v) is 5.05. The number of hydrogen-bond donors (Lipinski definition) is 0. The lowest BCUT2D eigenvalue weighted by molar-refractivity contribution is -0.165. The molecule has 1 fully saturated rings. The maximum atomic E-state index is 5.84. The third-order valence-electron chi connectivity index (χ3n) is 4.43. The predicted octanol–water partition coefficient (Wildman–Crippen LogP) is 5.10. The summed E-state index contributed by atoms with van der Waals surface area (Å²) in [6.07, 6.45) is 3.22. The molecule has 4 nitrogen and oxygen atoms in total. The number of ether oxygens (including phenoxy) is 3. The molecule has 0 spiro atoms. The molecule has 0 aromatic heterocycles. The van der Waals surface area contributed by atoms with Crippen molar-refractivity contribution in [1.82, 2.24) is 0 Å². The number of benzene rings is 2. The first kappa shape index (κ1) is 19.2. The maximum absolute atomic E-state index is 5.84. The molecule has 1 aliphatic heterocycles. The van der Waals surface area contributed by atoms with Crippen LogP contribution in [0.4, 0.5) is 5.69 Å². The Balaban J connectivity index is 1.53. The Morgan fingerprint density at radius 2 is 1.81 bits per heavy atom. The van der Waals surface area contributed by atoms with E-state index in [1.165, 1.54) is 17.7 Å². The molecular weight excluding hydrogens is 394 g/mol. The predicted molar refractivity (Wildman–Crippen MR) is 109 cm³/mol. The smallest absolute Gasteiger partial charge is 0.157 e. The van der Waals surface area contributed by atoms with Gasteiger partial charge in [0, 0.05) is 26.4 Å². The number of halogens is 1. The van der Waals surface area contributed by atoms with Crippen molar-refractivity contribution in [3.05, 3.63) is 46.9 Å². The van der Waals surface area contributed by atoms with Gasteiger partial charge in [0.15, 0.2) is 6.29 Å². The highest BCUT2D eigenvalue weighted by Crippen LogP contribution is 2.31. The summed E-state index contributed by atoms with van der Waals surface area (Å²) < 4.78 is 18.0. The van der Waals surface area contributed by atoms with E-state index in [-0.39, 0.29) is 6.29 Å². The standard InChI is InChI=1S/C21H26BrNO3/c1-23(2)18-9-6-16(7-10-18)17-8-11-20(19(22)15-17)24-13-14-26-21-5-3-4-12-25-21/h6-11,15,21H,3-5,12-14H2,1-2H3. The fraction of sp³-hybridized carbons (Fsp3) is 0.429. The van der Waals surface area contributed by atoms with Crippen LogP contribution in [0.1, 0.15) is 19.3 Å². The summed E-state index contributed by atoms with van der Waals surface area (Å²) >= 11 is 3.61. The van der Waals surface area contributed by atoms with E-state index in [1.807, 2.05) is 20.2 Å². The zero-order valence-corrected chi connectivity index (χ0v) is 17.0. The van der Waals surface area contributed by atoms with Crippen LogP contribution in [0.3, 0.4) is 0 Å². The van der Waals surface area contributed by atoms with Crippen molar-refractivity contribution in [3.8, 4) is 16.9 Å². The molecule has 0 amide bonds. The quantitative estimate of drug-likeness (QED) is 0.583. The van der Waals surface area contributed by atoms with Gasteiger partial charge < -0.3 is 19.1 Å². The van der Waals surface area contributed by atoms with E-state index in [0.717, 1.165) is 35.2 Å². The second-order valence-electron chi connectivity index (χ2n) is 6.60. The molecule has 1 aliphatic rings. The molecule has 0 radical (unpaired) electrons. The molecule has 0 N–H and O–H groups in total. The van der Waals surface area contributed by atoms with E-state index in [2.05, 4.69) is 57.2 Å². The minimum atomic E-state index is -0.0664. The monoisotopic (exact) mass is 419 g/mol. The van der Waals surface area contributed by atoms with Gasteiger partial charge >= 0.3 is 0 Å². The van der Waals surface area contributed by atoms with Gasteiger partial charge in [-0.15, -0.1) is 0 Å². The van der Waals surface area contributed by atoms with Gasteiger partial charge in [-0.3, -0.25) is 0 Å². The number of hydrogen-bond acceptors (Lipinski definition) is 4. The molecule has 1 unspecified atom stereocenters. The summed E-state index contributed by atoms with van der Waals surface area (Å²) in [5, 5.41) is 0. The van der Waals surface area contributed by atoms with Crippen molar-refractivity contribution < 1.29 is 14.2 Å². The highest BCUT2D eigenvalue weighted by Gasteiger charge is 2.13. The first-order valence-corrected chi connectivity index (χ1v) is 9.86. The summed E-state index contributed by atoms with van der Waals surface area (Å²) in [4.78, 5) is 2.09. The average molecular weight is 420 g/mol. The third kappa shape index (κ3) is 5.22. The first-order valence-electron chi connectivity index (χ1n) is 9.07. The normalized spacial score (nSPS) is 17.1. The van der Waals surface area contributed by atoms with Crippen LogP contribution in [0, 0.1) is 0 Å². The minimum Gasteiger partial charge on any atom is -0.490 e. The van der Waals surface area contributed by atoms with Gasteiger partial charge in [0.1, 0.15) is 12.4 Å². The second kappa shape index (κ2) is 9.40. The van der Waals surface area contributed by atoms with Crippen molar-refractivity contribution in [2.45, 2.75) is 25.6 Å². The Hall–Kier alpha value is -1.56. The molecule has 1 saturated heterocycles. The van der Waals surface area contributed by atoms with Crippen molar-refractivity contribution in [2.75, 3.05) is 38.8 Å². The Bertz CT molecular complexity index is 697. The Morgan fingerprint density at radius 1 is 1.04 bits per heavy atom. The van der Waals surface area contributed by atoms with Crippen LogP contribution in [0.5, 0.6) is 5.75 Å². The molecule has 5 heteroatoms. The van der Waals surface area contributed by atoms with E-state index in [9.17, 15) is 0 Å². The zero-order valence-electron chi connectivity index (χ0n) is 15.4. The highest BCUT2D eigenvalue weighted by atomic mass is 79.9. The van der Waals surface area contributed by atoms with Crippen molar-refractivity contribution in [3.63, 3.8) is 0 Å². The number of anilines is 1. The molecule has 0 saturated carbocycles. The Labute approximate surface area is 164 Å². The highest BCUT2D eigenvalue weighted by molar-refractivity contribution is 9.10. The summed E-state index contributed by atoms with van der Waals surface area (Å²) in [7, 11) is 4.09. The van der Waals surface area contributed by atoms with Crippen LogP contribution in [0.15, 0.2) is 46.9 Å². The van der Waals surface area contributed by atoms with Crippen LogP contribution < -0.4 is 9.64 Å². The zero-order chi connectivity index (χ0) is 18.4. The van der Waals surface area contributed by atoms with Crippen LogP contribution in [0.2, 0.25) is 0 Å². The van der Waals surface area contributed by atoms with E-state index in [1.54, 1.807) is 0 Å². The topological polar surface area (TPSA) is 30.9 Å². The fourth-order valence-electron chi connectivity index (χ4n) is 2.92. The van der Waals surface area contributed by atoms with E-state index in [4.69, 9.17) is 14.2 Å². The van der Waals surface area contributed by atoms with E-state index in [0.29, 0.717) is 13.2 Å². The number of rotatable bonds is 7. The molecule has 3 rings (SSSR count). The molecule has 26 heavy (non-hydrogen) atoms. The van der Waals surface area contributed by atoms with Crippen LogP contribution >= 0.6 is 15.9 Å². The lowest BCUT2D eigenvalue weighted by Crippen LogP contribution is -2.24. The van der Waals surface area contributed by atoms with Gasteiger partial charge in [0.05, 0.1) is 11.1 Å². The second-order valence-corrected chi connectivity index (χ2v) is 7.46. The van der Waals surface area contributed by atoms with Gasteiger partial charge in [-0.25, -0.2) is 0 Å². The molecule has 0 bridgehead atoms. The van der Waals surface area contributed by atoms with Gasteiger partial charge in [-0.05, 0) is 70.6 Å². The van der Waals surface area contributed by atoms with Crippen molar-refractivity contribution >= 4 is 21.6 Å². The van der Waals surface area contributed by atoms with Crippen molar-refractivity contribution in [2.24, 2.45) is 0 Å². The Kier molecular flexibility index (Phi) is 6.94. The number of nitrogens with zero attached hydrogens (tertiary/aromatic N) is 1. The fourth-order valence-corrected chi connectivity index (χ4v) is 3.42. The molecule has 1 heterocycles.